The summed E-state index contributed by atoms with van der Waals surface area (Å²) < 4.78 is 38.3. The summed E-state index contributed by atoms with van der Waals surface area (Å²) >= 11 is 0. The molecule has 0 bridgehead atoms. The number of fused-ring (bicyclic) bond motifs is 1. The first-order valence-electron chi connectivity index (χ1n) is 10.0. The quantitative estimate of drug-likeness (QED) is 0.536. The van der Waals surface area contributed by atoms with Crippen molar-refractivity contribution in [1.82, 2.24) is 15.5 Å². The molecule has 2 aliphatic carbocycles. The van der Waals surface area contributed by atoms with Gasteiger partial charge in [0.1, 0.15) is 18.1 Å². The number of nitrogens with one attached hydrogen (secondary N) is 2. The molecule has 1 heterocycles. The molecule has 0 aromatic rings. The lowest BCUT2D eigenvalue weighted by molar-refractivity contribution is -0.175. The molecule has 11 heteroatoms. The van der Waals surface area contributed by atoms with Crippen molar-refractivity contribution in [2.75, 3.05) is 6.54 Å². The van der Waals surface area contributed by atoms with Gasteiger partial charge in [-0.25, -0.2) is 0 Å². The highest BCUT2D eigenvalue weighted by Gasteiger charge is 2.69. The van der Waals surface area contributed by atoms with Gasteiger partial charge in [-0.15, -0.1) is 0 Å². The highest BCUT2D eigenvalue weighted by molar-refractivity contribution is 5.95. The number of alkyl halides is 3. The Labute approximate surface area is 172 Å². The van der Waals surface area contributed by atoms with Crippen LogP contribution in [0.3, 0.4) is 0 Å². The zero-order valence-corrected chi connectivity index (χ0v) is 17.1. The van der Waals surface area contributed by atoms with E-state index in [2.05, 4.69) is 5.32 Å². The molecular weight excluding hydrogens is 405 g/mol. The summed E-state index contributed by atoms with van der Waals surface area (Å²) in [5.41, 5.74) is 4.98. The van der Waals surface area contributed by atoms with Gasteiger partial charge in [0, 0.05) is 6.54 Å². The SMILES string of the molecule is C[C@H](NC(=O)[C@@H]1[C@@H]2[C@H](CN1C(=O)[C@H](CC1CC1)NC(=O)C(F)(F)F)C2(C)C)C(N)=O. The van der Waals surface area contributed by atoms with Crippen LogP contribution in [0.4, 0.5) is 13.2 Å². The summed E-state index contributed by atoms with van der Waals surface area (Å²) in [4.78, 5) is 50.1. The van der Waals surface area contributed by atoms with Crippen LogP contribution in [0, 0.1) is 23.2 Å². The Bertz CT molecular complexity index is 765. The van der Waals surface area contributed by atoms with Crippen LogP contribution in [0.25, 0.3) is 0 Å². The number of nitrogens with two attached hydrogens (primary N) is 1. The zero-order chi connectivity index (χ0) is 22.6. The molecule has 2 saturated carbocycles. The fraction of sp³-hybridized carbons (Fsp3) is 0.789. The van der Waals surface area contributed by atoms with Gasteiger partial charge in [0.05, 0.1) is 0 Å². The van der Waals surface area contributed by atoms with E-state index in [9.17, 15) is 32.3 Å². The van der Waals surface area contributed by atoms with E-state index >= 15 is 0 Å². The average molecular weight is 432 g/mol. The van der Waals surface area contributed by atoms with Gasteiger partial charge < -0.3 is 21.3 Å². The maximum atomic E-state index is 13.2. The van der Waals surface area contributed by atoms with Gasteiger partial charge >= 0.3 is 12.1 Å². The summed E-state index contributed by atoms with van der Waals surface area (Å²) in [6.45, 7) is 5.53. The normalized spacial score (nSPS) is 28.9. The van der Waals surface area contributed by atoms with Gasteiger partial charge in [-0.05, 0) is 36.5 Å². The number of primary amides is 1. The van der Waals surface area contributed by atoms with Crippen molar-refractivity contribution in [1.29, 1.82) is 0 Å². The Morgan fingerprint density at radius 3 is 2.27 bits per heavy atom. The number of carbonyl (C=O) groups excluding carboxylic acids is 4. The second kappa shape index (κ2) is 7.42. The number of nitrogens with zero attached hydrogens (tertiary/aromatic N) is 1. The topological polar surface area (TPSA) is 122 Å². The molecule has 0 aromatic carbocycles. The molecule has 168 valence electrons. The fourth-order valence-corrected chi connectivity index (χ4v) is 4.53. The van der Waals surface area contributed by atoms with Crippen LogP contribution in [-0.4, -0.2) is 59.4 Å². The van der Waals surface area contributed by atoms with E-state index in [1.165, 1.54) is 11.8 Å². The fourth-order valence-electron chi connectivity index (χ4n) is 4.53. The van der Waals surface area contributed by atoms with Gasteiger partial charge in [0.25, 0.3) is 0 Å². The standard InChI is InChI=1S/C19H27F3N4O4/c1-8(14(23)27)24-15(28)13-12-10(18(12,2)3)7-26(13)16(29)11(6-9-4-5-9)25-17(30)19(20,21)22/h8-13H,4-7H2,1-3H3,(H2,23,27)(H,24,28)(H,25,30)/t8-,10-,11-,12-,13-/m0/s1. The molecule has 4 N–H and O–H groups in total. The number of rotatable bonds is 7. The number of amides is 4. The van der Waals surface area contributed by atoms with Crippen LogP contribution in [0.5, 0.6) is 0 Å². The van der Waals surface area contributed by atoms with Crippen LogP contribution in [-0.2, 0) is 19.2 Å². The predicted octanol–water partition coefficient (Wildman–Crippen LogP) is 0.307. The van der Waals surface area contributed by atoms with Gasteiger partial charge in [-0.3, -0.25) is 19.2 Å². The number of carbonyl (C=O) groups is 4. The minimum absolute atomic E-state index is 0.0148. The molecule has 3 rings (SSSR count). The Kier molecular flexibility index (Phi) is 5.53. The molecule has 3 fully saturated rings. The van der Waals surface area contributed by atoms with E-state index in [1.807, 2.05) is 19.2 Å². The van der Waals surface area contributed by atoms with Crippen molar-refractivity contribution < 1.29 is 32.3 Å². The van der Waals surface area contributed by atoms with Crippen molar-refractivity contribution in [2.24, 2.45) is 28.9 Å². The van der Waals surface area contributed by atoms with E-state index in [0.717, 1.165) is 12.8 Å². The van der Waals surface area contributed by atoms with Gasteiger partial charge in [0.15, 0.2) is 0 Å². The minimum Gasteiger partial charge on any atom is -0.368 e. The van der Waals surface area contributed by atoms with E-state index in [4.69, 9.17) is 5.73 Å². The van der Waals surface area contributed by atoms with Crippen LogP contribution < -0.4 is 16.4 Å². The minimum atomic E-state index is -5.11. The van der Waals surface area contributed by atoms with E-state index in [-0.39, 0.29) is 36.1 Å². The van der Waals surface area contributed by atoms with Crippen LogP contribution in [0.2, 0.25) is 0 Å². The van der Waals surface area contributed by atoms with E-state index in [0.29, 0.717) is 0 Å². The lowest BCUT2D eigenvalue weighted by Crippen LogP contribution is -2.58. The van der Waals surface area contributed by atoms with E-state index in [1.54, 1.807) is 0 Å². The number of hydrogen-bond acceptors (Lipinski definition) is 4. The molecule has 8 nitrogen and oxygen atoms in total. The van der Waals surface area contributed by atoms with Crippen LogP contribution in [0.1, 0.15) is 40.0 Å². The molecule has 1 saturated heterocycles. The van der Waals surface area contributed by atoms with Crippen molar-refractivity contribution in [3.8, 4) is 0 Å². The third kappa shape index (κ3) is 4.24. The summed E-state index contributed by atoms with van der Waals surface area (Å²) in [6.07, 6.45) is -3.44. The Balaban J connectivity index is 1.79. The highest BCUT2D eigenvalue weighted by Crippen LogP contribution is 2.65. The Hall–Kier alpha value is -2.33. The first-order chi connectivity index (χ1) is 13.7. The first-order valence-corrected chi connectivity index (χ1v) is 10.0. The second-order valence-electron chi connectivity index (χ2n) is 9.22. The number of halogens is 3. The van der Waals surface area contributed by atoms with Crippen molar-refractivity contribution in [2.45, 2.75) is 64.3 Å². The molecule has 0 radical (unpaired) electrons. The Morgan fingerprint density at radius 1 is 1.17 bits per heavy atom. The van der Waals surface area contributed by atoms with Crippen LogP contribution >= 0.6 is 0 Å². The van der Waals surface area contributed by atoms with Gasteiger partial charge in [-0.2, -0.15) is 13.2 Å². The van der Waals surface area contributed by atoms with Crippen LogP contribution in [0.15, 0.2) is 0 Å². The summed E-state index contributed by atoms with van der Waals surface area (Å²) in [7, 11) is 0. The molecule has 0 spiro atoms. The first kappa shape index (κ1) is 22.4. The smallest absolute Gasteiger partial charge is 0.368 e. The molecule has 30 heavy (non-hydrogen) atoms. The lowest BCUT2D eigenvalue weighted by atomic mass is 9.98. The van der Waals surface area contributed by atoms with E-state index < -0.39 is 47.9 Å². The molecule has 0 aromatic heterocycles. The summed E-state index contributed by atoms with van der Waals surface area (Å²) in [5, 5.41) is 4.30. The number of likely N-dealkylation sites (tertiary alicyclic amines) is 1. The van der Waals surface area contributed by atoms with Gasteiger partial charge in [0.2, 0.25) is 17.7 Å². The van der Waals surface area contributed by atoms with Crippen molar-refractivity contribution >= 4 is 23.6 Å². The molecular formula is C19H27F3N4O4. The third-order valence-electron chi connectivity index (χ3n) is 6.67. The summed E-state index contributed by atoms with van der Waals surface area (Å²) in [6, 6.07) is -3.23. The van der Waals surface area contributed by atoms with Gasteiger partial charge in [-0.1, -0.05) is 26.7 Å². The number of piperidine rings is 1. The Morgan fingerprint density at radius 2 is 1.77 bits per heavy atom. The monoisotopic (exact) mass is 432 g/mol. The maximum absolute atomic E-state index is 13.2. The summed E-state index contributed by atoms with van der Waals surface area (Å²) in [5.74, 6) is -4.27. The molecule has 0 unspecified atom stereocenters. The molecule has 1 aliphatic heterocycles. The predicted molar refractivity (Wildman–Crippen MR) is 98.4 cm³/mol. The number of hydrogen-bond donors (Lipinski definition) is 3. The second-order valence-corrected chi connectivity index (χ2v) is 9.22. The third-order valence-corrected chi connectivity index (χ3v) is 6.67. The molecule has 3 aliphatic rings. The molecule has 4 amide bonds. The largest absolute Gasteiger partial charge is 0.471 e. The molecule has 5 atom stereocenters. The zero-order valence-electron chi connectivity index (χ0n) is 17.1. The maximum Gasteiger partial charge on any atom is 0.471 e. The lowest BCUT2D eigenvalue weighted by Gasteiger charge is -2.33. The highest BCUT2D eigenvalue weighted by atomic mass is 19.4. The van der Waals surface area contributed by atoms with Crippen molar-refractivity contribution in [3.05, 3.63) is 0 Å². The average Bonchev–Trinajstić information content (AvgIpc) is 3.46. The van der Waals surface area contributed by atoms with Crippen molar-refractivity contribution in [3.63, 3.8) is 0 Å².